The van der Waals surface area contributed by atoms with Crippen LogP contribution in [0.1, 0.15) is 30.4 Å². The molecule has 1 aliphatic rings. The van der Waals surface area contributed by atoms with Crippen molar-refractivity contribution < 1.29 is 13.6 Å². The first kappa shape index (κ1) is 21.0. The summed E-state index contributed by atoms with van der Waals surface area (Å²) in [6.45, 7) is 0.959. The maximum atomic E-state index is 14.0. The number of amides is 1. The Morgan fingerprint density at radius 2 is 1.86 bits per heavy atom. The summed E-state index contributed by atoms with van der Waals surface area (Å²) in [5.74, 6) is -1.20. The number of anilines is 1. The first-order valence-electron chi connectivity index (χ1n) is 9.31. The number of benzene rings is 2. The van der Waals surface area contributed by atoms with Gasteiger partial charge in [-0.3, -0.25) is 4.79 Å². The second-order valence-corrected chi connectivity index (χ2v) is 7.96. The van der Waals surface area contributed by atoms with Gasteiger partial charge in [0.15, 0.2) is 0 Å². The summed E-state index contributed by atoms with van der Waals surface area (Å²) >= 11 is 12.9. The number of nitrogens with zero attached hydrogens (tertiary/aromatic N) is 1. The fraction of sp³-hybridized carbons (Fsp3) is 0.381. The van der Waals surface area contributed by atoms with Crippen LogP contribution in [0.25, 0.3) is 0 Å². The molecule has 1 fully saturated rings. The smallest absolute Gasteiger partial charge is 0.227 e. The van der Waals surface area contributed by atoms with Crippen molar-refractivity contribution in [2.24, 2.45) is 11.7 Å². The lowest BCUT2D eigenvalue weighted by molar-refractivity contribution is -0.120. The molecule has 1 heterocycles. The molecule has 1 saturated heterocycles. The van der Waals surface area contributed by atoms with Gasteiger partial charge in [0.05, 0.1) is 15.7 Å². The van der Waals surface area contributed by atoms with Gasteiger partial charge in [-0.15, -0.1) is 0 Å². The zero-order chi connectivity index (χ0) is 20.3. The Bertz CT molecular complexity index is 852. The van der Waals surface area contributed by atoms with Crippen molar-refractivity contribution in [3.63, 3.8) is 0 Å². The van der Waals surface area contributed by atoms with E-state index in [2.05, 4.69) is 0 Å². The third kappa shape index (κ3) is 4.83. The monoisotopic (exact) mass is 426 g/mol. The summed E-state index contributed by atoms with van der Waals surface area (Å²) in [5.41, 5.74) is 7.45. The Kier molecular flexibility index (Phi) is 6.91. The second-order valence-electron chi connectivity index (χ2n) is 7.15. The minimum Gasteiger partial charge on any atom is -0.330 e. The molecular weight excluding hydrogens is 405 g/mol. The number of hydrogen-bond acceptors (Lipinski definition) is 2. The lowest BCUT2D eigenvalue weighted by Gasteiger charge is -2.34. The van der Waals surface area contributed by atoms with Crippen LogP contribution in [-0.2, 0) is 17.6 Å². The highest BCUT2D eigenvalue weighted by molar-refractivity contribution is 6.40. The molecule has 3 rings (SSSR count). The normalized spacial score (nSPS) is 17.2. The average molecular weight is 427 g/mol. The van der Waals surface area contributed by atoms with Crippen molar-refractivity contribution in [1.29, 1.82) is 0 Å². The van der Waals surface area contributed by atoms with E-state index in [1.54, 1.807) is 4.90 Å². The molecule has 0 radical (unpaired) electrons. The van der Waals surface area contributed by atoms with E-state index < -0.39 is 11.6 Å². The SMILES string of the molecule is NCCCc1cc(Cl)c(N2CC(Cc3ccc(F)cc3F)CCC2=O)c(Cl)c1. The highest BCUT2D eigenvalue weighted by Gasteiger charge is 2.30. The number of rotatable bonds is 6. The predicted octanol–water partition coefficient (Wildman–Crippen LogP) is 5.15. The Morgan fingerprint density at radius 1 is 1.14 bits per heavy atom. The van der Waals surface area contributed by atoms with E-state index in [1.807, 2.05) is 12.1 Å². The lowest BCUT2D eigenvalue weighted by Crippen LogP contribution is -2.41. The summed E-state index contributed by atoms with van der Waals surface area (Å²) < 4.78 is 27.1. The number of aryl methyl sites for hydroxylation is 1. The summed E-state index contributed by atoms with van der Waals surface area (Å²) in [6.07, 6.45) is 2.96. The summed E-state index contributed by atoms with van der Waals surface area (Å²) in [4.78, 5) is 14.1. The van der Waals surface area contributed by atoms with Crippen molar-refractivity contribution in [3.05, 3.63) is 63.1 Å². The van der Waals surface area contributed by atoms with Crippen LogP contribution < -0.4 is 10.6 Å². The van der Waals surface area contributed by atoms with Crippen LogP contribution >= 0.6 is 23.2 Å². The third-order valence-electron chi connectivity index (χ3n) is 5.05. The molecule has 28 heavy (non-hydrogen) atoms. The van der Waals surface area contributed by atoms with Gasteiger partial charge in [0.25, 0.3) is 0 Å². The molecule has 7 heteroatoms. The van der Waals surface area contributed by atoms with Gasteiger partial charge in [-0.2, -0.15) is 0 Å². The predicted molar refractivity (Wildman–Crippen MR) is 109 cm³/mol. The van der Waals surface area contributed by atoms with Gasteiger partial charge in [0.2, 0.25) is 5.91 Å². The van der Waals surface area contributed by atoms with Crippen LogP contribution in [-0.4, -0.2) is 19.0 Å². The van der Waals surface area contributed by atoms with Crippen molar-refractivity contribution in [1.82, 2.24) is 0 Å². The van der Waals surface area contributed by atoms with Crippen LogP contribution in [0.15, 0.2) is 30.3 Å². The minimum absolute atomic E-state index is 0.0294. The molecule has 2 aromatic rings. The molecule has 0 spiro atoms. The van der Waals surface area contributed by atoms with Crippen molar-refractivity contribution in [2.45, 2.75) is 32.1 Å². The summed E-state index contributed by atoms with van der Waals surface area (Å²) in [6, 6.07) is 7.22. The van der Waals surface area contributed by atoms with Crippen LogP contribution in [0, 0.1) is 17.6 Å². The molecule has 150 valence electrons. The molecule has 1 amide bonds. The summed E-state index contributed by atoms with van der Waals surface area (Å²) in [5, 5.41) is 0.836. The third-order valence-corrected chi connectivity index (χ3v) is 5.62. The molecule has 2 N–H and O–H groups in total. The maximum Gasteiger partial charge on any atom is 0.227 e. The molecule has 2 aromatic carbocycles. The first-order valence-corrected chi connectivity index (χ1v) is 10.1. The van der Waals surface area contributed by atoms with E-state index >= 15 is 0 Å². The van der Waals surface area contributed by atoms with E-state index in [9.17, 15) is 13.6 Å². The molecule has 1 atom stereocenters. The lowest BCUT2D eigenvalue weighted by atomic mass is 9.90. The number of nitrogens with two attached hydrogens (primary N) is 1. The largest absolute Gasteiger partial charge is 0.330 e. The number of carbonyl (C=O) groups excluding carboxylic acids is 1. The van der Waals surface area contributed by atoms with Gasteiger partial charge in [0, 0.05) is 19.0 Å². The molecule has 3 nitrogen and oxygen atoms in total. The highest BCUT2D eigenvalue weighted by atomic mass is 35.5. The fourth-order valence-electron chi connectivity index (χ4n) is 3.62. The quantitative estimate of drug-likeness (QED) is 0.693. The number of piperidine rings is 1. The van der Waals surface area contributed by atoms with Gasteiger partial charge in [-0.05, 0) is 67.5 Å². The van der Waals surface area contributed by atoms with E-state index in [0.717, 1.165) is 24.5 Å². The molecule has 0 aliphatic carbocycles. The van der Waals surface area contributed by atoms with E-state index in [-0.39, 0.29) is 11.8 Å². The Balaban J connectivity index is 1.80. The average Bonchev–Trinajstić information content (AvgIpc) is 2.64. The molecule has 0 aromatic heterocycles. The Labute approximate surface area is 173 Å². The van der Waals surface area contributed by atoms with Crippen LogP contribution in [0.3, 0.4) is 0 Å². The van der Waals surface area contributed by atoms with Crippen molar-refractivity contribution in [3.8, 4) is 0 Å². The number of halogens is 4. The van der Waals surface area contributed by atoms with E-state index in [0.29, 0.717) is 53.6 Å². The Hall–Kier alpha value is -1.69. The van der Waals surface area contributed by atoms with E-state index in [4.69, 9.17) is 28.9 Å². The highest BCUT2D eigenvalue weighted by Crippen LogP contribution is 2.38. The number of carbonyl (C=O) groups is 1. The zero-order valence-electron chi connectivity index (χ0n) is 15.4. The van der Waals surface area contributed by atoms with Crippen molar-refractivity contribution >= 4 is 34.8 Å². The van der Waals surface area contributed by atoms with E-state index in [1.165, 1.54) is 12.1 Å². The van der Waals surface area contributed by atoms with Gasteiger partial charge >= 0.3 is 0 Å². The van der Waals surface area contributed by atoms with Crippen LogP contribution in [0.2, 0.25) is 10.0 Å². The second kappa shape index (κ2) is 9.21. The van der Waals surface area contributed by atoms with Gasteiger partial charge in [-0.25, -0.2) is 8.78 Å². The summed E-state index contributed by atoms with van der Waals surface area (Å²) in [7, 11) is 0. The molecule has 0 saturated carbocycles. The standard InChI is InChI=1S/C21H22Cl2F2N2O/c22-17-9-13(2-1-7-26)10-18(23)21(17)27-12-14(3-6-20(27)28)8-15-4-5-16(24)11-19(15)25/h4-5,9-11,14H,1-3,6-8,12,26H2. The topological polar surface area (TPSA) is 46.3 Å². The maximum absolute atomic E-state index is 14.0. The molecule has 1 aliphatic heterocycles. The molecule has 0 bridgehead atoms. The van der Waals surface area contributed by atoms with Crippen LogP contribution in [0.5, 0.6) is 0 Å². The van der Waals surface area contributed by atoms with Crippen molar-refractivity contribution in [2.75, 3.05) is 18.0 Å². The molecule has 1 unspecified atom stereocenters. The first-order chi connectivity index (χ1) is 13.4. The number of hydrogen-bond donors (Lipinski definition) is 1. The van der Waals surface area contributed by atoms with Crippen LogP contribution in [0.4, 0.5) is 14.5 Å². The fourth-order valence-corrected chi connectivity index (χ4v) is 4.36. The van der Waals surface area contributed by atoms with Gasteiger partial charge in [0.1, 0.15) is 11.6 Å². The Morgan fingerprint density at radius 3 is 2.50 bits per heavy atom. The molecular formula is C21H22Cl2F2N2O. The minimum atomic E-state index is -0.602. The van der Waals surface area contributed by atoms with Gasteiger partial charge in [-0.1, -0.05) is 29.3 Å². The van der Waals surface area contributed by atoms with Gasteiger partial charge < -0.3 is 10.6 Å². The zero-order valence-corrected chi connectivity index (χ0v) is 16.9.